The third-order valence-corrected chi connectivity index (χ3v) is 11.0. The molecule has 0 fully saturated rings. The second-order valence-electron chi connectivity index (χ2n) is 6.18. The molecule has 0 saturated heterocycles. The average molecular weight is 601 g/mol. The fraction of sp³-hybridized carbons (Fsp3) is 0.238. The standard InChI is InChI=1S/C21H19ClF3INO4S/c1-2-3-4-19(18(9-12-22)20(28)15-10-13-27-14-11-15)26-32(29,30)17-7-5-16(6-8-17)31-21(23,24)25/h3-8,10-11,13-14H,2,9,12H2,1H3/q-1/b4-3-,19-18-. The number of hydrogen-bond acceptors (Lipinski definition) is 5. The van der Waals surface area contributed by atoms with Gasteiger partial charge in [-0.1, -0.05) is 0 Å². The summed E-state index contributed by atoms with van der Waals surface area (Å²) in [7, 11) is -3.87. The number of ether oxygens (including phenoxy) is 1. The van der Waals surface area contributed by atoms with Crippen LogP contribution < -0.4 is 24.6 Å². The van der Waals surface area contributed by atoms with Gasteiger partial charge in [-0.05, 0) is 0 Å². The van der Waals surface area contributed by atoms with Crippen molar-refractivity contribution in [3.63, 3.8) is 0 Å². The molecule has 0 aliphatic heterocycles. The summed E-state index contributed by atoms with van der Waals surface area (Å²) in [5.41, 5.74) is 0.655. The number of carbonyl (C=O) groups excluding carboxylic acids is 1. The van der Waals surface area contributed by atoms with Gasteiger partial charge in [0.15, 0.2) is 0 Å². The molecule has 0 aliphatic rings. The first-order chi connectivity index (χ1) is 15.1. The molecule has 11 heteroatoms. The summed E-state index contributed by atoms with van der Waals surface area (Å²) in [5, 5.41) is 0. The summed E-state index contributed by atoms with van der Waals surface area (Å²) in [6.45, 7) is 1.87. The molecule has 0 radical (unpaired) electrons. The minimum absolute atomic E-state index is 0.114. The van der Waals surface area contributed by atoms with Gasteiger partial charge in [-0.3, -0.25) is 0 Å². The molecule has 1 aromatic carbocycles. The Labute approximate surface area is 198 Å². The summed E-state index contributed by atoms with van der Waals surface area (Å²) < 4.78 is 67.3. The Bertz CT molecular complexity index is 1090. The van der Waals surface area contributed by atoms with E-state index in [1.54, 1.807) is 12.2 Å². The molecule has 5 nitrogen and oxygen atoms in total. The van der Waals surface area contributed by atoms with E-state index in [0.717, 1.165) is 24.3 Å². The predicted molar refractivity (Wildman–Crippen MR) is 111 cm³/mol. The number of ketones is 1. The fourth-order valence-electron chi connectivity index (χ4n) is 2.47. The van der Waals surface area contributed by atoms with E-state index in [1.165, 1.54) is 24.5 Å². The van der Waals surface area contributed by atoms with Crippen molar-refractivity contribution in [1.29, 1.82) is 0 Å². The zero-order valence-corrected chi connectivity index (χ0v) is 20.5. The molecule has 0 aliphatic carbocycles. The second kappa shape index (κ2) is 11.8. The predicted octanol–water partition coefficient (Wildman–Crippen LogP) is 2.49. The molecule has 0 atom stereocenters. The van der Waals surface area contributed by atoms with Crippen molar-refractivity contribution in [2.75, 3.05) is 5.88 Å². The molecule has 0 saturated carbocycles. The van der Waals surface area contributed by atoms with Gasteiger partial charge in [-0.15, -0.1) is 0 Å². The summed E-state index contributed by atoms with van der Waals surface area (Å²) in [5.74, 6) is -0.747. The third kappa shape index (κ3) is 7.89. The average Bonchev–Trinajstić information content (AvgIpc) is 2.74. The fourth-order valence-corrected chi connectivity index (χ4v) is 9.09. The zero-order valence-electron chi connectivity index (χ0n) is 16.8. The van der Waals surface area contributed by atoms with Crippen LogP contribution in [0.25, 0.3) is 0 Å². The van der Waals surface area contributed by atoms with Gasteiger partial charge >= 0.3 is 199 Å². The molecular weight excluding hydrogens is 582 g/mol. The number of halogens is 5. The van der Waals surface area contributed by atoms with E-state index in [1.807, 2.05) is 6.92 Å². The van der Waals surface area contributed by atoms with Crippen molar-refractivity contribution in [3.05, 3.63) is 75.7 Å². The van der Waals surface area contributed by atoms with Crippen molar-refractivity contribution in [1.82, 2.24) is 4.98 Å². The van der Waals surface area contributed by atoms with Gasteiger partial charge in [0.25, 0.3) is 0 Å². The Balaban J connectivity index is 2.45. The molecule has 0 spiro atoms. The molecule has 2 aromatic rings. The van der Waals surface area contributed by atoms with Crippen LogP contribution in [0.2, 0.25) is 0 Å². The van der Waals surface area contributed by atoms with Gasteiger partial charge in [-0.2, -0.15) is 0 Å². The molecule has 32 heavy (non-hydrogen) atoms. The quantitative estimate of drug-likeness (QED) is 0.105. The molecule has 2 rings (SSSR count). The van der Waals surface area contributed by atoms with Crippen molar-refractivity contribution >= 4 is 24.4 Å². The Morgan fingerprint density at radius 2 is 1.78 bits per heavy atom. The van der Waals surface area contributed by atoms with Crippen LogP contribution in [-0.2, 0) is 7.01 Å². The Morgan fingerprint density at radius 3 is 2.31 bits per heavy atom. The first-order valence-corrected chi connectivity index (χ1v) is 14.9. The zero-order chi connectivity index (χ0) is 23.8. The number of aromatic nitrogens is 1. The van der Waals surface area contributed by atoms with Crippen molar-refractivity contribution in [3.8, 4) is 5.75 Å². The first kappa shape index (κ1) is 26.3. The topological polar surface area (TPSA) is 73.3 Å². The number of pyridine rings is 1. The van der Waals surface area contributed by atoms with Crippen LogP contribution in [0.5, 0.6) is 5.75 Å². The molecular formula is C21H19ClF3INO4S-. The first-order valence-electron chi connectivity index (χ1n) is 9.25. The SMILES string of the molecule is CC/C=C\C([I-]S(=O)(=O)c1ccc(OC(F)(F)F)cc1)=C(/CCCl)C(=O)c1ccncc1. The van der Waals surface area contributed by atoms with Gasteiger partial charge in [0.1, 0.15) is 0 Å². The van der Waals surface area contributed by atoms with E-state index in [4.69, 9.17) is 11.6 Å². The van der Waals surface area contributed by atoms with Gasteiger partial charge in [0.05, 0.1) is 0 Å². The number of rotatable bonds is 10. The number of benzene rings is 1. The number of nitrogens with zero attached hydrogens (tertiary/aromatic N) is 1. The van der Waals surface area contributed by atoms with E-state index in [-0.39, 0.29) is 23.0 Å². The third-order valence-electron chi connectivity index (χ3n) is 3.87. The summed E-state index contributed by atoms with van der Waals surface area (Å²) in [4.78, 5) is 16.8. The number of carbonyl (C=O) groups is 1. The van der Waals surface area contributed by atoms with Gasteiger partial charge in [0.2, 0.25) is 0 Å². The summed E-state index contributed by atoms with van der Waals surface area (Å²) in [6, 6.07) is 7.06. The van der Waals surface area contributed by atoms with Crippen LogP contribution in [0.4, 0.5) is 13.2 Å². The Kier molecular flexibility index (Phi) is 9.71. The molecule has 0 bridgehead atoms. The molecule has 0 amide bonds. The molecule has 0 N–H and O–H groups in total. The number of Topliss-reactive ketones (excluding diaryl/α,β-unsaturated/α-hetero) is 1. The Morgan fingerprint density at radius 1 is 1.16 bits per heavy atom. The van der Waals surface area contributed by atoms with Crippen LogP contribution >= 0.6 is 11.6 Å². The van der Waals surface area contributed by atoms with Crippen molar-refractivity contribution in [2.45, 2.75) is 31.0 Å². The van der Waals surface area contributed by atoms with Gasteiger partial charge in [0, 0.05) is 0 Å². The van der Waals surface area contributed by atoms with Crippen LogP contribution in [0.15, 0.2) is 75.0 Å². The minimum atomic E-state index is -4.88. The van der Waals surface area contributed by atoms with Crippen molar-refractivity contribution < 1.29 is 50.9 Å². The van der Waals surface area contributed by atoms with Gasteiger partial charge in [-0.25, -0.2) is 0 Å². The maximum atomic E-state index is 13.1. The van der Waals surface area contributed by atoms with E-state index >= 15 is 0 Å². The number of allylic oxidation sites excluding steroid dienone is 4. The number of alkyl halides is 4. The molecule has 174 valence electrons. The van der Waals surface area contributed by atoms with Gasteiger partial charge < -0.3 is 0 Å². The summed E-state index contributed by atoms with van der Waals surface area (Å²) >= 11 is 4.11. The maximum absolute atomic E-state index is 13.1. The Hall–Kier alpha value is -1.92. The van der Waals surface area contributed by atoms with E-state index in [9.17, 15) is 26.4 Å². The normalized spacial score (nSPS) is 13.3. The molecule has 0 unspecified atom stereocenters. The van der Waals surface area contributed by atoms with Crippen LogP contribution in [0.1, 0.15) is 30.1 Å². The van der Waals surface area contributed by atoms with Crippen molar-refractivity contribution in [2.24, 2.45) is 0 Å². The van der Waals surface area contributed by atoms with Crippen LogP contribution in [0, 0.1) is 0 Å². The van der Waals surface area contributed by atoms with Crippen LogP contribution in [0.3, 0.4) is 0 Å². The monoisotopic (exact) mass is 600 g/mol. The van der Waals surface area contributed by atoms with Crippen LogP contribution in [-0.4, -0.2) is 31.4 Å². The number of hydrogen-bond donors (Lipinski definition) is 0. The van der Waals surface area contributed by atoms with E-state index in [0.29, 0.717) is 21.1 Å². The van der Waals surface area contributed by atoms with E-state index < -0.39 is 38.9 Å². The molecule has 1 aromatic heterocycles. The molecule has 1 heterocycles. The summed E-state index contributed by atoms with van der Waals surface area (Å²) in [6.07, 6.45) is 2.20. The van der Waals surface area contributed by atoms with E-state index in [2.05, 4.69) is 9.72 Å². The second-order valence-corrected chi connectivity index (χ2v) is 14.0.